The SMILES string of the molecule is CC1=CC=C(CCl)CN1. The van der Waals surface area contributed by atoms with Gasteiger partial charge < -0.3 is 5.32 Å². The van der Waals surface area contributed by atoms with Gasteiger partial charge in [0.2, 0.25) is 0 Å². The molecular formula is C7H10ClN. The van der Waals surface area contributed by atoms with Gasteiger partial charge >= 0.3 is 0 Å². The number of hydrogen-bond acceptors (Lipinski definition) is 1. The molecule has 0 radical (unpaired) electrons. The minimum absolute atomic E-state index is 0.636. The van der Waals surface area contributed by atoms with Crippen LogP contribution in [0, 0.1) is 0 Å². The Hall–Kier alpha value is -0.430. The zero-order valence-corrected chi connectivity index (χ0v) is 6.20. The summed E-state index contributed by atoms with van der Waals surface area (Å²) in [5.74, 6) is 0.636. The van der Waals surface area contributed by atoms with Gasteiger partial charge in [0.15, 0.2) is 0 Å². The van der Waals surface area contributed by atoms with Gasteiger partial charge in [-0.05, 0) is 18.6 Å². The van der Waals surface area contributed by atoms with Gasteiger partial charge in [0.1, 0.15) is 0 Å². The standard InChI is InChI=1S/C7H10ClN/c1-6-2-3-7(4-8)5-9-6/h2-3,9H,4-5H2,1H3. The number of dihydropyridines is 1. The predicted molar refractivity (Wildman–Crippen MR) is 40.6 cm³/mol. The van der Waals surface area contributed by atoms with E-state index in [2.05, 4.69) is 11.4 Å². The lowest BCUT2D eigenvalue weighted by Crippen LogP contribution is -2.18. The Kier molecular flexibility index (Phi) is 2.17. The van der Waals surface area contributed by atoms with Gasteiger partial charge in [-0.3, -0.25) is 0 Å². The molecule has 0 amide bonds. The number of allylic oxidation sites excluding steroid dienone is 3. The van der Waals surface area contributed by atoms with E-state index in [1.54, 1.807) is 0 Å². The molecule has 0 aliphatic carbocycles. The summed E-state index contributed by atoms with van der Waals surface area (Å²) >= 11 is 5.59. The Bertz CT molecular complexity index is 158. The smallest absolute Gasteiger partial charge is 0.0453 e. The Labute approximate surface area is 60.4 Å². The van der Waals surface area contributed by atoms with E-state index in [4.69, 9.17) is 11.6 Å². The Morgan fingerprint density at radius 2 is 2.44 bits per heavy atom. The zero-order valence-electron chi connectivity index (χ0n) is 5.45. The molecule has 1 rings (SSSR count). The molecule has 1 aliphatic heterocycles. The van der Waals surface area contributed by atoms with Crippen molar-refractivity contribution in [3.63, 3.8) is 0 Å². The van der Waals surface area contributed by atoms with Crippen molar-refractivity contribution < 1.29 is 0 Å². The van der Waals surface area contributed by atoms with E-state index >= 15 is 0 Å². The molecule has 0 aromatic heterocycles. The third-order valence-electron chi connectivity index (χ3n) is 1.33. The van der Waals surface area contributed by atoms with E-state index in [-0.39, 0.29) is 0 Å². The van der Waals surface area contributed by atoms with Crippen LogP contribution in [0.25, 0.3) is 0 Å². The van der Waals surface area contributed by atoms with Crippen LogP contribution in [0.2, 0.25) is 0 Å². The normalized spacial score (nSPS) is 18.0. The van der Waals surface area contributed by atoms with E-state index in [9.17, 15) is 0 Å². The molecule has 0 spiro atoms. The Balaban J connectivity index is 2.59. The molecule has 0 bridgehead atoms. The number of nitrogens with one attached hydrogen (secondary N) is 1. The second-order valence-electron chi connectivity index (χ2n) is 2.16. The second kappa shape index (κ2) is 2.92. The fourth-order valence-corrected chi connectivity index (χ4v) is 0.889. The van der Waals surface area contributed by atoms with Crippen molar-refractivity contribution in [2.45, 2.75) is 6.92 Å². The van der Waals surface area contributed by atoms with Gasteiger partial charge in [-0.1, -0.05) is 6.08 Å². The average Bonchev–Trinajstić information content (AvgIpc) is 1.90. The Morgan fingerprint density at radius 3 is 2.89 bits per heavy atom. The van der Waals surface area contributed by atoms with E-state index in [0.717, 1.165) is 6.54 Å². The highest BCUT2D eigenvalue weighted by molar-refractivity contribution is 6.19. The van der Waals surface area contributed by atoms with Crippen LogP contribution < -0.4 is 5.32 Å². The molecule has 1 nitrogen and oxygen atoms in total. The number of halogens is 1. The maximum absolute atomic E-state index is 5.59. The lowest BCUT2D eigenvalue weighted by atomic mass is 10.2. The van der Waals surface area contributed by atoms with Gasteiger partial charge in [-0.2, -0.15) is 0 Å². The van der Waals surface area contributed by atoms with Gasteiger partial charge in [0.05, 0.1) is 0 Å². The van der Waals surface area contributed by atoms with Crippen LogP contribution in [0.4, 0.5) is 0 Å². The first-order valence-electron chi connectivity index (χ1n) is 2.99. The number of rotatable bonds is 1. The molecule has 0 unspecified atom stereocenters. The molecule has 0 aromatic carbocycles. The topological polar surface area (TPSA) is 12.0 Å². The maximum atomic E-state index is 5.59. The van der Waals surface area contributed by atoms with Crippen molar-refractivity contribution in [2.75, 3.05) is 12.4 Å². The highest BCUT2D eigenvalue weighted by atomic mass is 35.5. The molecule has 0 fully saturated rings. The molecule has 0 atom stereocenters. The summed E-state index contributed by atoms with van der Waals surface area (Å²) < 4.78 is 0. The summed E-state index contributed by atoms with van der Waals surface area (Å²) in [6.45, 7) is 2.95. The first-order valence-corrected chi connectivity index (χ1v) is 3.52. The largest absolute Gasteiger partial charge is 0.385 e. The molecule has 1 aliphatic rings. The van der Waals surface area contributed by atoms with Gasteiger partial charge in [0.25, 0.3) is 0 Å². The van der Waals surface area contributed by atoms with Crippen LogP contribution in [0.3, 0.4) is 0 Å². The zero-order chi connectivity index (χ0) is 6.69. The fourth-order valence-electron chi connectivity index (χ4n) is 0.705. The lowest BCUT2D eigenvalue weighted by molar-refractivity contribution is 0.855. The van der Waals surface area contributed by atoms with E-state index < -0.39 is 0 Å². The maximum Gasteiger partial charge on any atom is 0.0453 e. The molecule has 0 saturated heterocycles. The molecular weight excluding hydrogens is 134 g/mol. The first kappa shape index (κ1) is 6.69. The van der Waals surface area contributed by atoms with Crippen LogP contribution in [-0.4, -0.2) is 12.4 Å². The summed E-state index contributed by atoms with van der Waals surface area (Å²) in [6, 6.07) is 0. The molecule has 0 saturated carbocycles. The van der Waals surface area contributed by atoms with Gasteiger partial charge in [-0.25, -0.2) is 0 Å². The number of hydrogen-bond donors (Lipinski definition) is 1. The van der Waals surface area contributed by atoms with Crippen molar-refractivity contribution >= 4 is 11.6 Å². The van der Waals surface area contributed by atoms with Crippen LogP contribution in [0.1, 0.15) is 6.92 Å². The number of alkyl halides is 1. The lowest BCUT2D eigenvalue weighted by Gasteiger charge is -2.11. The summed E-state index contributed by atoms with van der Waals surface area (Å²) in [4.78, 5) is 0. The molecule has 0 aromatic rings. The summed E-state index contributed by atoms with van der Waals surface area (Å²) in [6.07, 6.45) is 4.11. The average molecular weight is 144 g/mol. The molecule has 1 N–H and O–H groups in total. The predicted octanol–water partition coefficient (Wildman–Crippen LogP) is 1.66. The minimum atomic E-state index is 0.636. The van der Waals surface area contributed by atoms with Crippen LogP contribution >= 0.6 is 11.6 Å². The molecule has 9 heavy (non-hydrogen) atoms. The second-order valence-corrected chi connectivity index (χ2v) is 2.43. The van der Waals surface area contributed by atoms with Crippen LogP contribution in [0.5, 0.6) is 0 Å². The molecule has 1 heterocycles. The van der Waals surface area contributed by atoms with Crippen molar-refractivity contribution in [3.8, 4) is 0 Å². The minimum Gasteiger partial charge on any atom is -0.385 e. The summed E-state index contributed by atoms with van der Waals surface area (Å²) in [5, 5.41) is 3.19. The first-order chi connectivity index (χ1) is 4.33. The van der Waals surface area contributed by atoms with E-state index in [1.807, 2.05) is 13.0 Å². The molecule has 50 valence electrons. The van der Waals surface area contributed by atoms with Gasteiger partial charge in [0, 0.05) is 18.1 Å². The summed E-state index contributed by atoms with van der Waals surface area (Å²) in [7, 11) is 0. The third-order valence-corrected chi connectivity index (χ3v) is 1.68. The van der Waals surface area contributed by atoms with Crippen molar-refractivity contribution in [2.24, 2.45) is 0 Å². The fraction of sp³-hybridized carbons (Fsp3) is 0.429. The van der Waals surface area contributed by atoms with Crippen LogP contribution in [0.15, 0.2) is 23.4 Å². The Morgan fingerprint density at radius 1 is 1.67 bits per heavy atom. The van der Waals surface area contributed by atoms with Crippen molar-refractivity contribution in [1.82, 2.24) is 5.32 Å². The van der Waals surface area contributed by atoms with E-state index in [0.29, 0.717) is 5.88 Å². The monoisotopic (exact) mass is 143 g/mol. The highest BCUT2D eigenvalue weighted by Crippen LogP contribution is 2.03. The highest BCUT2D eigenvalue weighted by Gasteiger charge is 1.98. The molecule has 2 heteroatoms. The van der Waals surface area contributed by atoms with Crippen molar-refractivity contribution in [1.29, 1.82) is 0 Å². The van der Waals surface area contributed by atoms with E-state index in [1.165, 1.54) is 11.3 Å². The van der Waals surface area contributed by atoms with Gasteiger partial charge in [-0.15, -0.1) is 11.6 Å². The summed E-state index contributed by atoms with van der Waals surface area (Å²) in [5.41, 5.74) is 2.46. The van der Waals surface area contributed by atoms with Crippen molar-refractivity contribution in [3.05, 3.63) is 23.4 Å². The quantitative estimate of drug-likeness (QED) is 0.551. The third kappa shape index (κ3) is 1.75. The van der Waals surface area contributed by atoms with Crippen LogP contribution in [-0.2, 0) is 0 Å².